The van der Waals surface area contributed by atoms with Crippen LogP contribution in [0.15, 0.2) is 23.1 Å². The topological polar surface area (TPSA) is 41.6 Å². The zero-order chi connectivity index (χ0) is 15.9. The summed E-state index contributed by atoms with van der Waals surface area (Å²) in [6.45, 7) is 1.61. The third kappa shape index (κ3) is 4.83. The van der Waals surface area contributed by atoms with Gasteiger partial charge >= 0.3 is 0 Å². The van der Waals surface area contributed by atoms with Gasteiger partial charge in [-0.2, -0.15) is 11.8 Å². The number of hydrogen-bond acceptors (Lipinski definition) is 5. The molecular formula is C16H24N2O2S2. The molecule has 1 heterocycles. The van der Waals surface area contributed by atoms with Crippen molar-refractivity contribution in [2.45, 2.75) is 23.9 Å². The standard InChI is InChI=1S/C16H24N2O2S2/c1-18(16(19)9-13-11-22-7-6-17-13)10-12-4-5-15(21-3)14(8-12)20-2/h4-5,8,13,17H,6-7,9-11H2,1-3H3. The minimum absolute atomic E-state index is 0.188. The molecule has 0 saturated carbocycles. The van der Waals surface area contributed by atoms with Crippen molar-refractivity contribution in [3.63, 3.8) is 0 Å². The van der Waals surface area contributed by atoms with Crippen molar-refractivity contribution >= 4 is 29.4 Å². The molecule has 1 atom stereocenters. The van der Waals surface area contributed by atoms with Gasteiger partial charge in [0, 0.05) is 49.0 Å². The molecule has 1 saturated heterocycles. The van der Waals surface area contributed by atoms with Gasteiger partial charge in [0.15, 0.2) is 0 Å². The number of methoxy groups -OCH3 is 1. The Morgan fingerprint density at radius 3 is 3.00 bits per heavy atom. The van der Waals surface area contributed by atoms with Crippen molar-refractivity contribution in [2.24, 2.45) is 0 Å². The smallest absolute Gasteiger partial charge is 0.224 e. The number of nitrogens with one attached hydrogen (secondary N) is 1. The van der Waals surface area contributed by atoms with Gasteiger partial charge in [-0.1, -0.05) is 6.07 Å². The number of hydrogen-bond donors (Lipinski definition) is 1. The van der Waals surface area contributed by atoms with Crippen LogP contribution in [0.3, 0.4) is 0 Å². The molecule has 1 aliphatic heterocycles. The fourth-order valence-electron chi connectivity index (χ4n) is 2.46. The van der Waals surface area contributed by atoms with Crippen molar-refractivity contribution in [2.75, 3.05) is 38.5 Å². The van der Waals surface area contributed by atoms with Crippen LogP contribution in [0.25, 0.3) is 0 Å². The molecule has 0 aliphatic carbocycles. The molecule has 122 valence electrons. The molecule has 0 radical (unpaired) electrons. The van der Waals surface area contributed by atoms with Gasteiger partial charge in [0.25, 0.3) is 0 Å². The first-order valence-electron chi connectivity index (χ1n) is 7.40. The molecule has 1 aromatic rings. The van der Waals surface area contributed by atoms with Crippen molar-refractivity contribution < 1.29 is 9.53 Å². The Bertz CT molecular complexity index is 505. The van der Waals surface area contributed by atoms with E-state index in [9.17, 15) is 4.79 Å². The second-order valence-electron chi connectivity index (χ2n) is 5.37. The summed E-state index contributed by atoms with van der Waals surface area (Å²) < 4.78 is 5.40. The number of nitrogens with zero attached hydrogens (tertiary/aromatic N) is 1. The molecule has 4 nitrogen and oxygen atoms in total. The fraction of sp³-hybridized carbons (Fsp3) is 0.562. The molecule has 6 heteroatoms. The van der Waals surface area contributed by atoms with Gasteiger partial charge in [0.1, 0.15) is 5.75 Å². The quantitative estimate of drug-likeness (QED) is 0.806. The Labute approximate surface area is 141 Å². The zero-order valence-electron chi connectivity index (χ0n) is 13.4. The molecular weight excluding hydrogens is 316 g/mol. The van der Waals surface area contributed by atoms with E-state index in [2.05, 4.69) is 17.4 Å². The van der Waals surface area contributed by atoms with Crippen LogP contribution in [0.2, 0.25) is 0 Å². The molecule has 22 heavy (non-hydrogen) atoms. The van der Waals surface area contributed by atoms with E-state index in [1.807, 2.05) is 31.1 Å². The number of ether oxygens (including phenoxy) is 1. The average molecular weight is 341 g/mol. The predicted molar refractivity (Wildman–Crippen MR) is 95.0 cm³/mol. The Morgan fingerprint density at radius 2 is 2.36 bits per heavy atom. The number of thioether (sulfide) groups is 2. The summed E-state index contributed by atoms with van der Waals surface area (Å²) in [6.07, 6.45) is 2.60. The molecule has 2 rings (SSSR count). The maximum Gasteiger partial charge on any atom is 0.224 e. The zero-order valence-corrected chi connectivity index (χ0v) is 15.1. The Morgan fingerprint density at radius 1 is 1.55 bits per heavy atom. The number of benzene rings is 1. The maximum absolute atomic E-state index is 12.3. The van der Waals surface area contributed by atoms with E-state index in [1.54, 1.807) is 23.8 Å². The van der Waals surface area contributed by atoms with Gasteiger partial charge < -0.3 is 15.0 Å². The van der Waals surface area contributed by atoms with Crippen LogP contribution in [0.1, 0.15) is 12.0 Å². The highest BCUT2D eigenvalue weighted by molar-refractivity contribution is 7.99. The van der Waals surface area contributed by atoms with E-state index in [0.717, 1.165) is 34.3 Å². The number of rotatable bonds is 6. The summed E-state index contributed by atoms with van der Waals surface area (Å²) in [6, 6.07) is 6.44. The number of carbonyl (C=O) groups is 1. The lowest BCUT2D eigenvalue weighted by atomic mass is 10.1. The van der Waals surface area contributed by atoms with Crippen LogP contribution in [0.5, 0.6) is 5.75 Å². The van der Waals surface area contributed by atoms with Gasteiger partial charge in [0.2, 0.25) is 5.91 Å². The molecule has 0 spiro atoms. The monoisotopic (exact) mass is 340 g/mol. The van der Waals surface area contributed by atoms with Crippen LogP contribution in [-0.4, -0.2) is 55.3 Å². The van der Waals surface area contributed by atoms with E-state index in [4.69, 9.17) is 4.74 Å². The maximum atomic E-state index is 12.3. The van der Waals surface area contributed by atoms with Gasteiger partial charge in [-0.3, -0.25) is 4.79 Å². The Balaban J connectivity index is 1.92. The minimum Gasteiger partial charge on any atom is -0.496 e. The Hall–Kier alpha value is -0.850. The van der Waals surface area contributed by atoms with Crippen LogP contribution >= 0.6 is 23.5 Å². The second-order valence-corrected chi connectivity index (χ2v) is 7.37. The summed E-state index contributed by atoms with van der Waals surface area (Å²) in [5.41, 5.74) is 1.09. The summed E-state index contributed by atoms with van der Waals surface area (Å²) in [4.78, 5) is 15.2. The largest absolute Gasteiger partial charge is 0.496 e. The molecule has 1 fully saturated rings. The first kappa shape index (κ1) is 17.5. The Kier molecular flexibility index (Phi) is 6.92. The summed E-state index contributed by atoms with van der Waals surface area (Å²) >= 11 is 3.58. The van der Waals surface area contributed by atoms with Crippen molar-refractivity contribution in [1.29, 1.82) is 0 Å². The van der Waals surface area contributed by atoms with Gasteiger partial charge in [-0.25, -0.2) is 0 Å². The van der Waals surface area contributed by atoms with Crippen molar-refractivity contribution in [3.05, 3.63) is 23.8 Å². The molecule has 0 bridgehead atoms. The van der Waals surface area contributed by atoms with E-state index in [-0.39, 0.29) is 5.91 Å². The third-order valence-corrected chi connectivity index (χ3v) is 5.62. The minimum atomic E-state index is 0.188. The van der Waals surface area contributed by atoms with Crippen molar-refractivity contribution in [3.8, 4) is 5.75 Å². The van der Waals surface area contributed by atoms with E-state index in [1.165, 1.54) is 0 Å². The first-order valence-corrected chi connectivity index (χ1v) is 9.78. The summed E-state index contributed by atoms with van der Waals surface area (Å²) in [7, 11) is 3.55. The lowest BCUT2D eigenvalue weighted by molar-refractivity contribution is -0.130. The molecule has 1 amide bonds. The SMILES string of the molecule is COc1cc(CN(C)C(=O)CC2CSCCN2)ccc1SC. The average Bonchev–Trinajstić information content (AvgIpc) is 2.55. The number of carbonyl (C=O) groups excluding carboxylic acids is 1. The predicted octanol–water partition coefficient (Wildman–Crippen LogP) is 2.47. The van der Waals surface area contributed by atoms with Crippen LogP contribution < -0.4 is 10.1 Å². The first-order chi connectivity index (χ1) is 10.6. The van der Waals surface area contributed by atoms with Gasteiger partial charge in [0.05, 0.1) is 7.11 Å². The normalized spacial score (nSPS) is 18.0. The number of amides is 1. The molecule has 1 aromatic carbocycles. The fourth-order valence-corrected chi connectivity index (χ4v) is 3.96. The van der Waals surface area contributed by atoms with Crippen molar-refractivity contribution in [1.82, 2.24) is 10.2 Å². The molecule has 1 aliphatic rings. The van der Waals surface area contributed by atoms with E-state index < -0.39 is 0 Å². The molecule has 0 aromatic heterocycles. The van der Waals surface area contributed by atoms with Crippen LogP contribution in [-0.2, 0) is 11.3 Å². The lowest BCUT2D eigenvalue weighted by Gasteiger charge is -2.25. The van der Waals surface area contributed by atoms with Crippen LogP contribution in [0.4, 0.5) is 0 Å². The third-order valence-electron chi connectivity index (χ3n) is 3.71. The molecule has 1 unspecified atom stereocenters. The highest BCUT2D eigenvalue weighted by Gasteiger charge is 2.19. The lowest BCUT2D eigenvalue weighted by Crippen LogP contribution is -2.41. The van der Waals surface area contributed by atoms with E-state index >= 15 is 0 Å². The highest BCUT2D eigenvalue weighted by Crippen LogP contribution is 2.28. The van der Waals surface area contributed by atoms with Gasteiger partial charge in [-0.15, -0.1) is 11.8 Å². The van der Waals surface area contributed by atoms with Gasteiger partial charge in [-0.05, 0) is 24.0 Å². The van der Waals surface area contributed by atoms with E-state index in [0.29, 0.717) is 19.0 Å². The second kappa shape index (κ2) is 8.70. The summed E-state index contributed by atoms with van der Waals surface area (Å²) in [5, 5.41) is 3.41. The highest BCUT2D eigenvalue weighted by atomic mass is 32.2. The summed E-state index contributed by atoms with van der Waals surface area (Å²) in [5.74, 6) is 3.22. The van der Waals surface area contributed by atoms with Crippen LogP contribution in [0, 0.1) is 0 Å². The molecule has 1 N–H and O–H groups in total.